The predicted molar refractivity (Wildman–Crippen MR) is 157 cm³/mol. The highest BCUT2D eigenvalue weighted by Crippen LogP contribution is 2.38. The molecule has 1 fully saturated rings. The lowest BCUT2D eigenvalue weighted by Crippen LogP contribution is -2.38. The van der Waals surface area contributed by atoms with Gasteiger partial charge in [0, 0.05) is 42.3 Å². The molecule has 0 unspecified atom stereocenters. The van der Waals surface area contributed by atoms with Crippen molar-refractivity contribution >= 4 is 38.2 Å². The molecule has 1 aliphatic heterocycles. The lowest BCUT2D eigenvalue weighted by atomic mass is 9.96. The first-order chi connectivity index (χ1) is 19.1. The number of benzene rings is 1. The minimum Gasteiger partial charge on any atom is -0.313 e. The van der Waals surface area contributed by atoms with Gasteiger partial charge in [-0.25, -0.2) is 13.1 Å². The third-order valence-electron chi connectivity index (χ3n) is 8.11. The molecule has 0 saturated heterocycles. The van der Waals surface area contributed by atoms with Crippen molar-refractivity contribution in [2.24, 2.45) is 0 Å². The van der Waals surface area contributed by atoms with Crippen molar-refractivity contribution in [1.82, 2.24) is 19.0 Å². The Balaban J connectivity index is 1.41. The van der Waals surface area contributed by atoms with Crippen molar-refractivity contribution in [1.29, 1.82) is 0 Å². The average molecular weight is 584 g/mol. The Morgan fingerprint density at radius 1 is 1.12 bits per heavy atom. The molecule has 3 aromatic rings. The molecule has 1 N–H and O–H groups in total. The summed E-state index contributed by atoms with van der Waals surface area (Å²) in [7, 11) is -2.01. The van der Waals surface area contributed by atoms with Crippen LogP contribution in [0, 0.1) is 13.8 Å². The van der Waals surface area contributed by atoms with Gasteiger partial charge in [0.05, 0.1) is 16.2 Å². The molecule has 0 spiro atoms. The molecule has 1 aliphatic carbocycles. The van der Waals surface area contributed by atoms with Crippen molar-refractivity contribution in [3.8, 4) is 0 Å². The number of rotatable bonds is 7. The second kappa shape index (κ2) is 11.6. The highest BCUT2D eigenvalue weighted by Gasteiger charge is 2.31. The fourth-order valence-electron chi connectivity index (χ4n) is 5.74. The van der Waals surface area contributed by atoms with Gasteiger partial charge in [0.2, 0.25) is 10.0 Å². The maximum absolute atomic E-state index is 13.7. The van der Waals surface area contributed by atoms with Gasteiger partial charge < -0.3 is 5.32 Å². The number of anilines is 1. The summed E-state index contributed by atoms with van der Waals surface area (Å²) in [5, 5.41) is 7.86. The zero-order chi connectivity index (χ0) is 28.6. The van der Waals surface area contributed by atoms with Gasteiger partial charge in [-0.1, -0.05) is 26.2 Å². The van der Waals surface area contributed by atoms with E-state index in [1.807, 2.05) is 19.9 Å². The number of carbonyl (C=O) groups is 2. The van der Waals surface area contributed by atoms with Crippen LogP contribution < -0.4 is 5.32 Å². The fraction of sp³-hybridized carbons (Fsp3) is 0.483. The number of hydrogen-bond donors (Lipinski definition) is 1. The number of likely N-dealkylation sites (N-methyl/N-ethyl adjacent to an activating group) is 1. The van der Waals surface area contributed by atoms with Crippen molar-refractivity contribution < 1.29 is 18.0 Å². The molecule has 9 nitrogen and oxygen atoms in total. The summed E-state index contributed by atoms with van der Waals surface area (Å²) in [6.45, 7) is 8.28. The van der Waals surface area contributed by atoms with Gasteiger partial charge in [-0.15, -0.1) is 11.3 Å². The summed E-state index contributed by atoms with van der Waals surface area (Å²) in [5.74, 6) is -0.645. The van der Waals surface area contributed by atoms with Gasteiger partial charge >= 0.3 is 0 Å². The minimum absolute atomic E-state index is 0.00777. The second-order valence-corrected chi connectivity index (χ2v) is 13.9. The highest BCUT2D eigenvalue weighted by atomic mass is 32.2. The standard InChI is InChI=1S/C29H37N5O4S2/c1-5-33-16-15-24-25(18-33)39-28(26(24)29(36)34-20(3)17-19(2)31-34)30-27(35)21-11-13-23(14-12-21)40(37,38)32(4)22-9-7-6-8-10-22/h11-14,17,22H,5-10,15-16,18H2,1-4H3,(H,30,35). The Morgan fingerprint density at radius 3 is 2.45 bits per heavy atom. The van der Waals surface area contributed by atoms with E-state index >= 15 is 0 Å². The molecule has 0 atom stereocenters. The normalized spacial score (nSPS) is 16.7. The van der Waals surface area contributed by atoms with E-state index in [0.717, 1.165) is 80.0 Å². The topological polar surface area (TPSA) is 105 Å². The molecule has 2 aromatic heterocycles. The van der Waals surface area contributed by atoms with E-state index in [9.17, 15) is 18.0 Å². The van der Waals surface area contributed by atoms with E-state index < -0.39 is 15.9 Å². The van der Waals surface area contributed by atoms with Gasteiger partial charge in [0.25, 0.3) is 11.8 Å². The molecule has 1 amide bonds. The van der Waals surface area contributed by atoms with E-state index in [1.165, 1.54) is 44.6 Å². The first-order valence-electron chi connectivity index (χ1n) is 13.9. The maximum Gasteiger partial charge on any atom is 0.281 e. The van der Waals surface area contributed by atoms with E-state index in [-0.39, 0.29) is 16.8 Å². The van der Waals surface area contributed by atoms with Crippen LogP contribution in [0.2, 0.25) is 0 Å². The molecule has 0 radical (unpaired) electrons. The Kier molecular flexibility index (Phi) is 8.28. The van der Waals surface area contributed by atoms with Crippen LogP contribution in [-0.2, 0) is 23.0 Å². The van der Waals surface area contributed by atoms with Crippen LogP contribution in [-0.4, -0.2) is 65.4 Å². The minimum atomic E-state index is -3.66. The van der Waals surface area contributed by atoms with E-state index in [1.54, 1.807) is 7.05 Å². The van der Waals surface area contributed by atoms with E-state index in [2.05, 4.69) is 22.2 Å². The third-order valence-corrected chi connectivity index (χ3v) is 11.2. The number of carbonyl (C=O) groups excluding carboxylic acids is 2. The average Bonchev–Trinajstić information content (AvgIpc) is 3.50. The molecule has 1 saturated carbocycles. The number of aromatic nitrogens is 2. The summed E-state index contributed by atoms with van der Waals surface area (Å²) in [5.41, 5.74) is 3.27. The van der Waals surface area contributed by atoms with Crippen molar-refractivity contribution in [2.45, 2.75) is 76.8 Å². The lowest BCUT2D eigenvalue weighted by Gasteiger charge is -2.30. The van der Waals surface area contributed by atoms with Crippen LogP contribution in [0.25, 0.3) is 0 Å². The molecular formula is C29H37N5O4S2. The summed E-state index contributed by atoms with van der Waals surface area (Å²) >= 11 is 1.43. The van der Waals surface area contributed by atoms with Gasteiger partial charge in [0.15, 0.2) is 0 Å². The smallest absolute Gasteiger partial charge is 0.281 e. The molecule has 0 bridgehead atoms. The van der Waals surface area contributed by atoms with Gasteiger partial charge in [-0.2, -0.15) is 9.40 Å². The summed E-state index contributed by atoms with van der Waals surface area (Å²) in [6.07, 6.45) is 5.68. The van der Waals surface area contributed by atoms with Crippen LogP contribution in [0.4, 0.5) is 5.00 Å². The number of amides is 1. The number of aryl methyl sites for hydroxylation is 2. The highest BCUT2D eigenvalue weighted by molar-refractivity contribution is 7.89. The molecule has 214 valence electrons. The summed E-state index contributed by atoms with van der Waals surface area (Å²) in [4.78, 5) is 30.6. The van der Waals surface area contributed by atoms with Crippen LogP contribution in [0.5, 0.6) is 0 Å². The molecule has 40 heavy (non-hydrogen) atoms. The SMILES string of the molecule is CCN1CCc2c(sc(NC(=O)c3ccc(S(=O)(=O)N(C)C4CCCCC4)cc3)c2C(=O)n2nc(C)cc2C)C1. The molecule has 2 aliphatic rings. The maximum atomic E-state index is 13.7. The van der Waals surface area contributed by atoms with E-state index in [4.69, 9.17) is 0 Å². The zero-order valence-electron chi connectivity index (χ0n) is 23.6. The third kappa shape index (κ3) is 5.52. The van der Waals surface area contributed by atoms with Crippen LogP contribution in [0.1, 0.15) is 81.6 Å². The van der Waals surface area contributed by atoms with Crippen molar-refractivity contribution in [2.75, 3.05) is 25.5 Å². The van der Waals surface area contributed by atoms with Crippen LogP contribution in [0.3, 0.4) is 0 Å². The summed E-state index contributed by atoms with van der Waals surface area (Å²) in [6, 6.07) is 7.91. The molecule has 1 aromatic carbocycles. The molecule has 5 rings (SSSR count). The number of thiophene rings is 1. The van der Waals surface area contributed by atoms with Gasteiger partial charge in [-0.05, 0) is 75.5 Å². The second-order valence-electron chi connectivity index (χ2n) is 10.8. The Morgan fingerprint density at radius 2 is 1.82 bits per heavy atom. The van der Waals surface area contributed by atoms with Gasteiger partial charge in [-0.3, -0.25) is 14.5 Å². The van der Waals surface area contributed by atoms with Crippen molar-refractivity contribution in [3.63, 3.8) is 0 Å². The first-order valence-corrected chi connectivity index (χ1v) is 16.2. The molecular weight excluding hydrogens is 546 g/mol. The first kappa shape index (κ1) is 28.7. The van der Waals surface area contributed by atoms with Crippen LogP contribution in [0.15, 0.2) is 35.2 Å². The largest absolute Gasteiger partial charge is 0.313 e. The lowest BCUT2D eigenvalue weighted by molar-refractivity contribution is 0.0942. The summed E-state index contributed by atoms with van der Waals surface area (Å²) < 4.78 is 29.3. The number of sulfonamides is 1. The van der Waals surface area contributed by atoms with Crippen molar-refractivity contribution in [3.05, 3.63) is 63.3 Å². The Bertz CT molecular complexity index is 1520. The molecule has 11 heteroatoms. The number of fused-ring (bicyclic) bond motifs is 1. The Hall–Kier alpha value is -2.86. The number of nitrogens with one attached hydrogen (secondary N) is 1. The Labute approximate surface area is 240 Å². The number of hydrogen-bond acceptors (Lipinski definition) is 7. The predicted octanol–water partition coefficient (Wildman–Crippen LogP) is 4.83. The van der Waals surface area contributed by atoms with Gasteiger partial charge in [0.1, 0.15) is 5.00 Å². The zero-order valence-corrected chi connectivity index (χ0v) is 25.2. The van der Waals surface area contributed by atoms with Crippen LogP contribution >= 0.6 is 11.3 Å². The monoisotopic (exact) mass is 583 g/mol. The fourth-order valence-corrected chi connectivity index (χ4v) is 8.43. The van der Waals surface area contributed by atoms with E-state index in [0.29, 0.717) is 16.1 Å². The molecule has 3 heterocycles. The number of nitrogens with zero attached hydrogens (tertiary/aromatic N) is 4. The quantitative estimate of drug-likeness (QED) is 0.427.